The normalized spacial score (nSPS) is 9.64. The highest BCUT2D eigenvalue weighted by Gasteiger charge is 2.12. The van der Waals surface area contributed by atoms with Crippen LogP contribution in [0.5, 0.6) is 0 Å². The van der Waals surface area contributed by atoms with Gasteiger partial charge in [-0.25, -0.2) is 0 Å². The minimum atomic E-state index is -0.851. The first kappa shape index (κ1) is 8.10. The third-order valence-electron chi connectivity index (χ3n) is 1.44. The van der Waals surface area contributed by atoms with E-state index in [4.69, 9.17) is 15.4 Å². The summed E-state index contributed by atoms with van der Waals surface area (Å²) in [7, 11) is 0.594. The molecule has 0 heterocycles. The molecule has 0 spiro atoms. The number of benzene rings is 1. The van der Waals surface area contributed by atoms with Gasteiger partial charge in [0.2, 0.25) is 0 Å². The van der Waals surface area contributed by atoms with E-state index in [-0.39, 0.29) is 0 Å². The summed E-state index contributed by atoms with van der Waals surface area (Å²) in [5, 5.41) is 9.16. The van der Waals surface area contributed by atoms with Gasteiger partial charge >= 0.3 is 7.12 Å². The number of nitrogens with two attached hydrogens (primary N) is 1. The van der Waals surface area contributed by atoms with Gasteiger partial charge in [-0.05, 0) is 17.6 Å². The van der Waals surface area contributed by atoms with Gasteiger partial charge in [-0.15, -0.1) is 0 Å². The van der Waals surface area contributed by atoms with Crippen LogP contribution in [0.1, 0.15) is 0 Å². The van der Waals surface area contributed by atoms with Gasteiger partial charge in [0, 0.05) is 12.8 Å². The molecule has 1 aromatic rings. The Kier molecular flexibility index (Phi) is 2.51. The van der Waals surface area contributed by atoms with Crippen LogP contribution in [0.25, 0.3) is 0 Å². The maximum Gasteiger partial charge on any atom is 0.490 e. The fourth-order valence-electron chi connectivity index (χ4n) is 0.797. The number of anilines is 1. The van der Waals surface area contributed by atoms with Gasteiger partial charge in [0.25, 0.3) is 0 Å². The smallest absolute Gasteiger partial charge is 0.423 e. The lowest BCUT2D eigenvalue weighted by atomic mass is 9.80. The molecule has 0 radical (unpaired) electrons. The van der Waals surface area contributed by atoms with E-state index in [1.54, 1.807) is 24.3 Å². The average Bonchev–Trinajstić information content (AvgIpc) is 2.05. The number of rotatable bonds is 2. The first-order chi connectivity index (χ1) is 5.24. The third kappa shape index (κ3) is 1.96. The molecule has 0 unspecified atom stereocenters. The lowest BCUT2D eigenvalue weighted by Crippen LogP contribution is -2.31. The standard InChI is InChI=1S/C7H10BNO2/c1-11-8(10)6-2-4-7(9)5-3-6/h2-5,10H,9H2,1H3. The van der Waals surface area contributed by atoms with Crippen LogP contribution >= 0.6 is 0 Å². The predicted octanol–water partition coefficient (Wildman–Crippen LogP) is -0.397. The summed E-state index contributed by atoms with van der Waals surface area (Å²) >= 11 is 0. The van der Waals surface area contributed by atoms with Crippen LogP contribution < -0.4 is 11.2 Å². The highest BCUT2D eigenvalue weighted by molar-refractivity contribution is 6.59. The molecule has 1 aromatic carbocycles. The molecule has 1 rings (SSSR count). The van der Waals surface area contributed by atoms with Crippen molar-refractivity contribution in [3.63, 3.8) is 0 Å². The monoisotopic (exact) mass is 151 g/mol. The number of nitrogen functional groups attached to an aromatic ring is 1. The van der Waals surface area contributed by atoms with Gasteiger partial charge in [0.15, 0.2) is 0 Å². The SMILES string of the molecule is COB(O)c1ccc(N)cc1. The summed E-state index contributed by atoms with van der Waals surface area (Å²) in [6, 6.07) is 6.89. The summed E-state index contributed by atoms with van der Waals surface area (Å²) in [6.07, 6.45) is 0. The van der Waals surface area contributed by atoms with E-state index in [0.717, 1.165) is 0 Å². The van der Waals surface area contributed by atoms with Crippen molar-refractivity contribution in [3.8, 4) is 0 Å². The van der Waals surface area contributed by atoms with Crippen LogP contribution in [0.3, 0.4) is 0 Å². The fourth-order valence-corrected chi connectivity index (χ4v) is 0.797. The third-order valence-corrected chi connectivity index (χ3v) is 1.44. The van der Waals surface area contributed by atoms with Crippen LogP contribution in [-0.2, 0) is 4.65 Å². The number of hydrogen-bond donors (Lipinski definition) is 2. The maximum atomic E-state index is 9.16. The molecule has 0 aliphatic rings. The van der Waals surface area contributed by atoms with Gasteiger partial charge in [-0.2, -0.15) is 0 Å². The van der Waals surface area contributed by atoms with Crippen molar-refractivity contribution in [2.75, 3.05) is 12.8 Å². The van der Waals surface area contributed by atoms with E-state index < -0.39 is 7.12 Å². The van der Waals surface area contributed by atoms with Crippen LogP contribution in [0.2, 0.25) is 0 Å². The van der Waals surface area contributed by atoms with Crippen molar-refractivity contribution < 1.29 is 9.68 Å². The molecule has 0 saturated carbocycles. The van der Waals surface area contributed by atoms with Gasteiger partial charge in [-0.3, -0.25) is 0 Å². The largest absolute Gasteiger partial charge is 0.490 e. The summed E-state index contributed by atoms with van der Waals surface area (Å²) in [5.74, 6) is 0. The van der Waals surface area contributed by atoms with Gasteiger partial charge in [0.05, 0.1) is 0 Å². The van der Waals surface area contributed by atoms with Crippen molar-refractivity contribution in [2.24, 2.45) is 0 Å². The van der Waals surface area contributed by atoms with Crippen LogP contribution in [0.4, 0.5) is 5.69 Å². The molecule has 58 valence electrons. The Morgan fingerprint density at radius 3 is 2.36 bits per heavy atom. The molecule has 3 nitrogen and oxygen atoms in total. The molecule has 11 heavy (non-hydrogen) atoms. The van der Waals surface area contributed by atoms with Crippen molar-refractivity contribution >= 4 is 18.3 Å². The highest BCUT2D eigenvalue weighted by Crippen LogP contribution is 1.96. The molecule has 0 aromatic heterocycles. The Labute approximate surface area is 65.9 Å². The molecular weight excluding hydrogens is 141 g/mol. The van der Waals surface area contributed by atoms with E-state index >= 15 is 0 Å². The highest BCUT2D eigenvalue weighted by atomic mass is 16.5. The van der Waals surface area contributed by atoms with Crippen LogP contribution in [-0.4, -0.2) is 19.3 Å². The fraction of sp³-hybridized carbons (Fsp3) is 0.143. The van der Waals surface area contributed by atoms with Crippen LogP contribution in [0.15, 0.2) is 24.3 Å². The molecule has 0 atom stereocenters. The van der Waals surface area contributed by atoms with Crippen molar-refractivity contribution in [3.05, 3.63) is 24.3 Å². The second-order valence-electron chi connectivity index (χ2n) is 2.25. The zero-order valence-electron chi connectivity index (χ0n) is 6.32. The van der Waals surface area contributed by atoms with Crippen LogP contribution in [0, 0.1) is 0 Å². The molecule has 4 heteroatoms. The topological polar surface area (TPSA) is 55.5 Å². The summed E-state index contributed by atoms with van der Waals surface area (Å²) in [6.45, 7) is 0. The van der Waals surface area contributed by atoms with Gasteiger partial charge in [0.1, 0.15) is 0 Å². The Bertz CT molecular complexity index is 224. The van der Waals surface area contributed by atoms with Crippen molar-refractivity contribution in [2.45, 2.75) is 0 Å². The second-order valence-corrected chi connectivity index (χ2v) is 2.25. The zero-order valence-corrected chi connectivity index (χ0v) is 6.32. The zero-order chi connectivity index (χ0) is 8.27. The molecule has 0 amide bonds. The van der Waals surface area contributed by atoms with Gasteiger partial charge in [-0.1, -0.05) is 12.1 Å². The average molecular weight is 151 g/mol. The van der Waals surface area contributed by atoms with E-state index in [2.05, 4.69) is 0 Å². The molecule has 0 bridgehead atoms. The van der Waals surface area contributed by atoms with E-state index in [0.29, 0.717) is 11.2 Å². The van der Waals surface area contributed by atoms with E-state index in [1.807, 2.05) is 0 Å². The van der Waals surface area contributed by atoms with Crippen molar-refractivity contribution in [1.29, 1.82) is 0 Å². The lowest BCUT2D eigenvalue weighted by Gasteiger charge is -2.02. The Hall–Kier alpha value is -0.995. The lowest BCUT2D eigenvalue weighted by molar-refractivity contribution is 0.341. The minimum Gasteiger partial charge on any atom is -0.423 e. The second kappa shape index (κ2) is 3.41. The molecule has 0 fully saturated rings. The van der Waals surface area contributed by atoms with Gasteiger partial charge < -0.3 is 15.4 Å². The molecule has 0 saturated heterocycles. The minimum absolute atomic E-state index is 0.678. The summed E-state index contributed by atoms with van der Waals surface area (Å²) in [4.78, 5) is 0. The Balaban J connectivity index is 2.81. The first-order valence-electron chi connectivity index (χ1n) is 3.30. The molecular formula is C7H10BNO2. The molecule has 0 aliphatic carbocycles. The molecule has 3 N–H and O–H groups in total. The first-order valence-corrected chi connectivity index (χ1v) is 3.30. The Morgan fingerprint density at radius 1 is 1.36 bits per heavy atom. The predicted molar refractivity (Wildman–Crippen MR) is 45.5 cm³/mol. The Morgan fingerprint density at radius 2 is 1.91 bits per heavy atom. The molecule has 0 aliphatic heterocycles. The summed E-state index contributed by atoms with van der Waals surface area (Å²) < 4.78 is 4.69. The number of hydrogen-bond acceptors (Lipinski definition) is 3. The van der Waals surface area contributed by atoms with E-state index in [9.17, 15) is 0 Å². The summed E-state index contributed by atoms with van der Waals surface area (Å²) in [5.41, 5.74) is 6.83. The maximum absolute atomic E-state index is 9.16. The van der Waals surface area contributed by atoms with Crippen molar-refractivity contribution in [1.82, 2.24) is 0 Å². The quantitative estimate of drug-likeness (QED) is 0.446. The van der Waals surface area contributed by atoms with E-state index in [1.165, 1.54) is 7.11 Å².